The minimum atomic E-state index is -3.38. The van der Waals surface area contributed by atoms with Gasteiger partial charge in [0.05, 0.1) is 10.6 Å². The molecule has 4 rings (SSSR count). The minimum absolute atomic E-state index is 0.368. The standard InChI is InChI=1S/C23H21NO2S/c1-15-13-14-20(27(3,25)26)21(16(15)2)22-18-11-7-8-12-19(18)24-23(22)17-9-5-4-6-10-17/h4-14,24H,1-3H3. The Bertz CT molecular complexity index is 1250. The van der Waals surface area contributed by atoms with Gasteiger partial charge < -0.3 is 4.98 Å². The van der Waals surface area contributed by atoms with E-state index < -0.39 is 9.84 Å². The maximum absolute atomic E-state index is 12.6. The zero-order chi connectivity index (χ0) is 19.2. The molecule has 0 unspecified atom stereocenters. The van der Waals surface area contributed by atoms with Crippen molar-refractivity contribution in [1.29, 1.82) is 0 Å². The van der Waals surface area contributed by atoms with Crippen LogP contribution >= 0.6 is 0 Å². The molecule has 0 aliphatic heterocycles. The van der Waals surface area contributed by atoms with E-state index in [0.717, 1.165) is 44.4 Å². The number of aromatic amines is 1. The predicted octanol–water partition coefficient (Wildman–Crippen LogP) is 5.52. The lowest BCUT2D eigenvalue weighted by Gasteiger charge is -2.15. The first-order valence-electron chi connectivity index (χ1n) is 8.84. The quantitative estimate of drug-likeness (QED) is 0.512. The number of para-hydroxylation sites is 1. The summed E-state index contributed by atoms with van der Waals surface area (Å²) in [5.41, 5.74) is 6.75. The van der Waals surface area contributed by atoms with Crippen LogP contribution in [-0.2, 0) is 9.84 Å². The number of H-pyrrole nitrogens is 1. The van der Waals surface area contributed by atoms with E-state index in [9.17, 15) is 8.42 Å². The van der Waals surface area contributed by atoms with E-state index in [1.54, 1.807) is 6.07 Å². The summed E-state index contributed by atoms with van der Waals surface area (Å²) in [4.78, 5) is 3.88. The van der Waals surface area contributed by atoms with Crippen LogP contribution in [0, 0.1) is 13.8 Å². The number of hydrogen-bond acceptors (Lipinski definition) is 2. The van der Waals surface area contributed by atoms with Crippen LogP contribution in [0.1, 0.15) is 11.1 Å². The summed E-state index contributed by atoms with van der Waals surface area (Å²) in [5.74, 6) is 0. The average molecular weight is 375 g/mol. The highest BCUT2D eigenvalue weighted by Gasteiger charge is 2.23. The number of benzene rings is 3. The number of aryl methyl sites for hydroxylation is 1. The molecule has 1 heterocycles. The van der Waals surface area contributed by atoms with Gasteiger partial charge in [-0.25, -0.2) is 8.42 Å². The summed E-state index contributed by atoms with van der Waals surface area (Å²) < 4.78 is 25.2. The topological polar surface area (TPSA) is 49.9 Å². The molecule has 0 saturated heterocycles. The van der Waals surface area contributed by atoms with E-state index >= 15 is 0 Å². The SMILES string of the molecule is Cc1ccc(S(C)(=O)=O)c(-c2c(-c3ccccc3)[nH]c3ccccc23)c1C. The van der Waals surface area contributed by atoms with Crippen molar-refractivity contribution in [2.45, 2.75) is 18.7 Å². The molecule has 0 radical (unpaired) electrons. The van der Waals surface area contributed by atoms with Crippen molar-refractivity contribution in [1.82, 2.24) is 4.98 Å². The fraction of sp³-hybridized carbons (Fsp3) is 0.130. The molecule has 0 bridgehead atoms. The molecule has 4 aromatic rings. The third kappa shape index (κ3) is 2.96. The van der Waals surface area contributed by atoms with Gasteiger partial charge in [0.15, 0.2) is 9.84 Å². The van der Waals surface area contributed by atoms with Gasteiger partial charge in [-0.3, -0.25) is 0 Å². The summed E-state index contributed by atoms with van der Waals surface area (Å²) >= 11 is 0. The highest BCUT2D eigenvalue weighted by molar-refractivity contribution is 7.90. The van der Waals surface area contributed by atoms with Crippen LogP contribution in [0.3, 0.4) is 0 Å². The summed E-state index contributed by atoms with van der Waals surface area (Å²) in [7, 11) is -3.38. The van der Waals surface area contributed by atoms with Gasteiger partial charge in [-0.15, -0.1) is 0 Å². The van der Waals surface area contributed by atoms with Gasteiger partial charge in [0.2, 0.25) is 0 Å². The lowest BCUT2D eigenvalue weighted by atomic mass is 9.93. The second-order valence-electron chi connectivity index (χ2n) is 6.94. The van der Waals surface area contributed by atoms with Crippen molar-refractivity contribution in [2.75, 3.05) is 6.26 Å². The molecule has 0 fully saturated rings. The van der Waals surface area contributed by atoms with Gasteiger partial charge in [-0.1, -0.05) is 54.6 Å². The smallest absolute Gasteiger partial charge is 0.176 e. The molecule has 4 heteroatoms. The zero-order valence-electron chi connectivity index (χ0n) is 15.6. The van der Waals surface area contributed by atoms with Gasteiger partial charge in [0.25, 0.3) is 0 Å². The van der Waals surface area contributed by atoms with Crippen molar-refractivity contribution in [3.8, 4) is 22.4 Å². The van der Waals surface area contributed by atoms with Crippen molar-refractivity contribution in [2.24, 2.45) is 0 Å². The Morgan fingerprint density at radius 1 is 0.778 bits per heavy atom. The van der Waals surface area contributed by atoms with E-state index in [2.05, 4.69) is 4.98 Å². The number of aromatic nitrogens is 1. The van der Waals surface area contributed by atoms with Crippen LogP contribution in [0.4, 0.5) is 0 Å². The maximum atomic E-state index is 12.6. The fourth-order valence-electron chi connectivity index (χ4n) is 3.63. The maximum Gasteiger partial charge on any atom is 0.176 e. The van der Waals surface area contributed by atoms with E-state index in [-0.39, 0.29) is 0 Å². The number of hydrogen-bond donors (Lipinski definition) is 1. The zero-order valence-corrected chi connectivity index (χ0v) is 16.4. The minimum Gasteiger partial charge on any atom is -0.354 e. The first kappa shape index (κ1) is 17.6. The Hall–Kier alpha value is -2.85. The predicted molar refractivity (Wildman–Crippen MR) is 112 cm³/mol. The molecular weight excluding hydrogens is 354 g/mol. The Balaban J connectivity index is 2.20. The van der Waals surface area contributed by atoms with Crippen LogP contribution in [0.15, 0.2) is 71.6 Å². The molecule has 0 aliphatic carbocycles. The summed E-state index contributed by atoms with van der Waals surface area (Å²) in [6.45, 7) is 4.01. The molecule has 27 heavy (non-hydrogen) atoms. The highest BCUT2D eigenvalue weighted by Crippen LogP contribution is 2.43. The monoisotopic (exact) mass is 375 g/mol. The van der Waals surface area contributed by atoms with Crippen LogP contribution in [-0.4, -0.2) is 19.7 Å². The van der Waals surface area contributed by atoms with Crippen LogP contribution in [0.2, 0.25) is 0 Å². The summed E-state index contributed by atoms with van der Waals surface area (Å²) in [5, 5.41) is 1.02. The van der Waals surface area contributed by atoms with Gasteiger partial charge >= 0.3 is 0 Å². The first-order chi connectivity index (χ1) is 12.9. The first-order valence-corrected chi connectivity index (χ1v) is 10.7. The molecule has 0 aliphatic rings. The van der Waals surface area contributed by atoms with E-state index in [0.29, 0.717) is 4.90 Å². The molecule has 0 atom stereocenters. The fourth-order valence-corrected chi connectivity index (χ4v) is 4.57. The van der Waals surface area contributed by atoms with Crippen LogP contribution in [0.25, 0.3) is 33.3 Å². The molecular formula is C23H21NO2S. The third-order valence-corrected chi connectivity index (χ3v) is 6.25. The van der Waals surface area contributed by atoms with Gasteiger partial charge in [0.1, 0.15) is 0 Å². The van der Waals surface area contributed by atoms with Crippen molar-refractivity contribution >= 4 is 20.7 Å². The normalized spacial score (nSPS) is 11.8. The van der Waals surface area contributed by atoms with Crippen molar-refractivity contribution in [3.05, 3.63) is 77.9 Å². The lowest BCUT2D eigenvalue weighted by Crippen LogP contribution is -2.03. The molecule has 1 N–H and O–H groups in total. The van der Waals surface area contributed by atoms with E-state index in [1.807, 2.05) is 74.5 Å². The van der Waals surface area contributed by atoms with Crippen molar-refractivity contribution < 1.29 is 8.42 Å². The highest BCUT2D eigenvalue weighted by atomic mass is 32.2. The average Bonchev–Trinajstić information content (AvgIpc) is 3.03. The van der Waals surface area contributed by atoms with Crippen LogP contribution in [0.5, 0.6) is 0 Å². The molecule has 0 amide bonds. The Morgan fingerprint density at radius 2 is 1.44 bits per heavy atom. The van der Waals surface area contributed by atoms with Crippen LogP contribution < -0.4 is 0 Å². The number of nitrogens with one attached hydrogen (secondary N) is 1. The van der Waals surface area contributed by atoms with E-state index in [1.165, 1.54) is 6.26 Å². The van der Waals surface area contributed by atoms with Gasteiger partial charge in [0, 0.05) is 28.3 Å². The van der Waals surface area contributed by atoms with Gasteiger partial charge in [-0.05, 0) is 42.7 Å². The molecule has 3 aromatic carbocycles. The largest absolute Gasteiger partial charge is 0.354 e. The molecule has 1 aromatic heterocycles. The number of fused-ring (bicyclic) bond motifs is 1. The summed E-state index contributed by atoms with van der Waals surface area (Å²) in [6.07, 6.45) is 1.28. The lowest BCUT2D eigenvalue weighted by molar-refractivity contribution is 0.602. The number of rotatable bonds is 3. The Kier molecular flexibility index (Phi) is 4.16. The molecule has 3 nitrogen and oxygen atoms in total. The Labute approximate surface area is 159 Å². The second-order valence-corrected chi connectivity index (χ2v) is 8.92. The molecule has 136 valence electrons. The van der Waals surface area contributed by atoms with E-state index in [4.69, 9.17) is 0 Å². The van der Waals surface area contributed by atoms with Gasteiger partial charge in [-0.2, -0.15) is 0 Å². The number of sulfone groups is 1. The Morgan fingerprint density at radius 3 is 2.15 bits per heavy atom. The molecule has 0 saturated carbocycles. The van der Waals surface area contributed by atoms with Crippen molar-refractivity contribution in [3.63, 3.8) is 0 Å². The third-order valence-electron chi connectivity index (χ3n) is 5.12. The summed E-state index contributed by atoms with van der Waals surface area (Å²) in [6, 6.07) is 21.7. The molecule has 0 spiro atoms. The second kappa shape index (κ2) is 6.39.